The van der Waals surface area contributed by atoms with E-state index in [1.165, 1.54) is 24.0 Å². The molecular weight excluding hydrogens is 451 g/mol. The van der Waals surface area contributed by atoms with Gasteiger partial charge in [0.2, 0.25) is 11.8 Å². The molecule has 5 nitrogen and oxygen atoms in total. The second-order valence-corrected chi connectivity index (χ2v) is 8.02. The van der Waals surface area contributed by atoms with Crippen molar-refractivity contribution in [3.05, 3.63) is 29.6 Å². The van der Waals surface area contributed by atoms with Crippen LogP contribution in [0.3, 0.4) is 0 Å². The van der Waals surface area contributed by atoms with Crippen LogP contribution in [-0.4, -0.2) is 39.2 Å². The fourth-order valence-electron chi connectivity index (χ4n) is 3.37. The largest absolute Gasteiger partial charge is 0.479 e. The average Bonchev–Trinajstić information content (AvgIpc) is 3.21. The molecule has 0 saturated heterocycles. The normalized spacial score (nSPS) is 19.3. The van der Waals surface area contributed by atoms with Crippen molar-refractivity contribution in [2.24, 2.45) is 10.9 Å². The topological polar surface area (TPSA) is 52.3 Å². The number of aliphatic imine (C=N–C) groups is 1. The number of alkyl halides is 5. The zero-order valence-electron chi connectivity index (χ0n) is 16.0. The van der Waals surface area contributed by atoms with Gasteiger partial charge < -0.3 is 4.74 Å². The molecular formula is C18H18ClF5N4OS. The maximum atomic E-state index is 13.8. The predicted molar refractivity (Wildman–Crippen MR) is 104 cm³/mol. The number of methoxy groups -OCH3 is 1. The first-order valence-electron chi connectivity index (χ1n) is 8.88. The fraction of sp³-hybridized carbons (Fsp3) is 0.500. The molecule has 12 heteroatoms. The van der Waals surface area contributed by atoms with Crippen LogP contribution in [0.2, 0.25) is 0 Å². The van der Waals surface area contributed by atoms with E-state index in [0.717, 1.165) is 11.8 Å². The summed E-state index contributed by atoms with van der Waals surface area (Å²) < 4.78 is 74.3. The van der Waals surface area contributed by atoms with Gasteiger partial charge in [-0.1, -0.05) is 11.6 Å². The van der Waals surface area contributed by atoms with E-state index >= 15 is 0 Å². The number of hydrogen-bond donors (Lipinski definition) is 0. The number of halogens is 6. The summed E-state index contributed by atoms with van der Waals surface area (Å²) in [4.78, 5) is 8.16. The van der Waals surface area contributed by atoms with Crippen LogP contribution in [0.1, 0.15) is 30.5 Å². The molecule has 1 atom stereocenters. The predicted octanol–water partition coefficient (Wildman–Crippen LogP) is 5.78. The summed E-state index contributed by atoms with van der Waals surface area (Å²) >= 11 is 7.56. The fourth-order valence-corrected chi connectivity index (χ4v) is 4.06. The number of hydrogen-bond acceptors (Lipinski definition) is 5. The summed E-state index contributed by atoms with van der Waals surface area (Å²) in [6.45, 7) is -0.157. The molecule has 0 aliphatic heterocycles. The summed E-state index contributed by atoms with van der Waals surface area (Å²) in [5.41, 5.74) is -1.41. The molecule has 1 aliphatic carbocycles. The minimum atomic E-state index is -4.84. The van der Waals surface area contributed by atoms with Crippen molar-refractivity contribution < 1.29 is 26.7 Å². The molecule has 0 amide bonds. The van der Waals surface area contributed by atoms with Gasteiger partial charge in [0.15, 0.2) is 5.17 Å². The van der Waals surface area contributed by atoms with Crippen molar-refractivity contribution in [2.75, 3.05) is 13.4 Å². The standard InChI is InChI=1S/C18H18ClF5N4OS/c1-29-16-13(18(22,23)24)14(15(19)26-11-4-6-25-12(7-11)30-2)28(27-16)9-10-3-5-17(20,21)8-10/h4,6-7,10H,3,5,8-9H2,1-2H3/b26-15-. The van der Waals surface area contributed by atoms with E-state index < -0.39 is 46.7 Å². The molecule has 164 valence electrons. The Labute approximate surface area is 178 Å². The van der Waals surface area contributed by atoms with Gasteiger partial charge >= 0.3 is 6.18 Å². The molecule has 1 fully saturated rings. The molecule has 3 rings (SSSR count). The Morgan fingerprint density at radius 3 is 2.73 bits per heavy atom. The monoisotopic (exact) mass is 468 g/mol. The minimum absolute atomic E-state index is 0.157. The molecule has 0 aromatic carbocycles. The van der Waals surface area contributed by atoms with E-state index in [4.69, 9.17) is 16.3 Å². The van der Waals surface area contributed by atoms with Crippen LogP contribution in [0.4, 0.5) is 27.6 Å². The van der Waals surface area contributed by atoms with Gasteiger partial charge in [-0.25, -0.2) is 18.8 Å². The van der Waals surface area contributed by atoms with Crippen molar-refractivity contribution in [1.29, 1.82) is 0 Å². The van der Waals surface area contributed by atoms with Crippen LogP contribution in [0.25, 0.3) is 0 Å². The third-order valence-corrected chi connectivity index (χ3v) is 5.59. The first-order chi connectivity index (χ1) is 14.0. The van der Waals surface area contributed by atoms with Gasteiger partial charge in [0.1, 0.15) is 11.3 Å². The van der Waals surface area contributed by atoms with Crippen molar-refractivity contribution in [1.82, 2.24) is 14.8 Å². The quantitative estimate of drug-likeness (QED) is 0.306. The third-order valence-electron chi connectivity index (χ3n) is 4.68. The Balaban J connectivity index is 2.07. The van der Waals surface area contributed by atoms with E-state index in [1.54, 1.807) is 12.3 Å². The lowest BCUT2D eigenvalue weighted by Gasteiger charge is -2.14. The zero-order chi connectivity index (χ0) is 22.1. The van der Waals surface area contributed by atoms with E-state index in [2.05, 4.69) is 15.1 Å². The molecule has 30 heavy (non-hydrogen) atoms. The number of rotatable bonds is 6. The lowest BCUT2D eigenvalue weighted by Crippen LogP contribution is -2.18. The van der Waals surface area contributed by atoms with Crippen LogP contribution >= 0.6 is 23.4 Å². The second-order valence-electron chi connectivity index (χ2n) is 6.84. The Bertz CT molecular complexity index is 947. The summed E-state index contributed by atoms with van der Waals surface area (Å²) in [6.07, 6.45) is -2.16. The maximum absolute atomic E-state index is 13.8. The molecule has 2 aromatic rings. The van der Waals surface area contributed by atoms with E-state index in [9.17, 15) is 22.0 Å². The number of thioether (sulfide) groups is 1. The molecule has 0 N–H and O–H groups in total. The number of aromatic nitrogens is 3. The van der Waals surface area contributed by atoms with E-state index in [0.29, 0.717) is 10.7 Å². The van der Waals surface area contributed by atoms with E-state index in [-0.39, 0.29) is 19.4 Å². The van der Waals surface area contributed by atoms with Gasteiger partial charge in [-0.2, -0.15) is 13.2 Å². The van der Waals surface area contributed by atoms with Gasteiger partial charge in [0.05, 0.1) is 17.8 Å². The summed E-state index contributed by atoms with van der Waals surface area (Å²) in [6, 6.07) is 3.06. The van der Waals surface area contributed by atoms with Gasteiger partial charge in [-0.15, -0.1) is 16.9 Å². The van der Waals surface area contributed by atoms with E-state index in [1.807, 2.05) is 0 Å². The van der Waals surface area contributed by atoms with Crippen molar-refractivity contribution >= 4 is 34.2 Å². The highest BCUT2D eigenvalue weighted by Gasteiger charge is 2.44. The van der Waals surface area contributed by atoms with Gasteiger partial charge in [-0.05, 0) is 30.7 Å². The lowest BCUT2D eigenvalue weighted by molar-refractivity contribution is -0.138. The van der Waals surface area contributed by atoms with Crippen LogP contribution < -0.4 is 4.74 Å². The van der Waals surface area contributed by atoms with Gasteiger partial charge in [0, 0.05) is 25.6 Å². The highest BCUT2D eigenvalue weighted by molar-refractivity contribution is 7.98. The van der Waals surface area contributed by atoms with Gasteiger partial charge in [0.25, 0.3) is 0 Å². The molecule has 1 saturated carbocycles. The lowest BCUT2D eigenvalue weighted by atomic mass is 10.1. The molecule has 0 radical (unpaired) electrons. The van der Waals surface area contributed by atoms with Crippen LogP contribution in [0, 0.1) is 5.92 Å². The number of pyridine rings is 1. The smallest absolute Gasteiger partial charge is 0.423 e. The maximum Gasteiger partial charge on any atom is 0.423 e. The molecule has 0 spiro atoms. The molecule has 2 aromatic heterocycles. The SMILES string of the molecule is COc1nn(CC2CCC(F)(F)C2)c(/C(Cl)=N/c2ccnc(SC)c2)c1C(F)(F)F. The van der Waals surface area contributed by atoms with Crippen LogP contribution in [0.5, 0.6) is 5.88 Å². The summed E-state index contributed by atoms with van der Waals surface area (Å²) in [7, 11) is 1.05. The molecule has 2 heterocycles. The Kier molecular flexibility index (Phi) is 6.61. The zero-order valence-corrected chi connectivity index (χ0v) is 17.6. The highest BCUT2D eigenvalue weighted by atomic mass is 35.5. The molecule has 1 unspecified atom stereocenters. The van der Waals surface area contributed by atoms with Crippen molar-refractivity contribution in [2.45, 2.75) is 42.9 Å². The highest BCUT2D eigenvalue weighted by Crippen LogP contribution is 2.42. The molecule has 0 bridgehead atoms. The number of ether oxygens (including phenoxy) is 1. The second kappa shape index (κ2) is 8.70. The van der Waals surface area contributed by atoms with Crippen LogP contribution in [-0.2, 0) is 12.7 Å². The molecule has 1 aliphatic rings. The van der Waals surface area contributed by atoms with Gasteiger partial charge in [-0.3, -0.25) is 4.68 Å². The Hall–Kier alpha value is -1.88. The minimum Gasteiger partial charge on any atom is -0.479 e. The average molecular weight is 469 g/mol. The van der Waals surface area contributed by atoms with Crippen molar-refractivity contribution in [3.8, 4) is 5.88 Å². The van der Waals surface area contributed by atoms with Crippen LogP contribution in [0.15, 0.2) is 28.3 Å². The summed E-state index contributed by atoms with van der Waals surface area (Å²) in [5.74, 6) is -4.06. The first-order valence-corrected chi connectivity index (χ1v) is 10.5. The number of nitrogens with zero attached hydrogens (tertiary/aromatic N) is 4. The Morgan fingerprint density at radius 2 is 2.17 bits per heavy atom. The summed E-state index contributed by atoms with van der Waals surface area (Å²) in [5, 5.41) is 3.99. The Morgan fingerprint density at radius 1 is 1.43 bits per heavy atom. The first kappa shape index (κ1) is 22.8. The third kappa shape index (κ3) is 5.05. The van der Waals surface area contributed by atoms with Crippen molar-refractivity contribution in [3.63, 3.8) is 0 Å².